The predicted octanol–water partition coefficient (Wildman–Crippen LogP) is 4.23. The van der Waals surface area contributed by atoms with Crippen molar-refractivity contribution in [1.29, 1.82) is 0 Å². The molecule has 0 aromatic heterocycles. The van der Waals surface area contributed by atoms with Gasteiger partial charge in [-0.3, -0.25) is 0 Å². The molecule has 6 heteroatoms. The Labute approximate surface area is 128 Å². The van der Waals surface area contributed by atoms with E-state index in [2.05, 4.69) is 15.9 Å². The second-order valence-electron chi connectivity index (χ2n) is 3.77. The molecule has 0 amide bonds. The van der Waals surface area contributed by atoms with E-state index in [1.807, 2.05) is 0 Å². The number of halogens is 3. The second-order valence-corrected chi connectivity index (χ2v) is 5.09. The summed E-state index contributed by atoms with van der Waals surface area (Å²) in [7, 11) is 0. The molecule has 0 N–H and O–H groups in total. The van der Waals surface area contributed by atoms with E-state index < -0.39 is 18.4 Å². The van der Waals surface area contributed by atoms with Crippen LogP contribution in [0.2, 0.25) is 5.02 Å². The predicted molar refractivity (Wildman–Crippen MR) is 76.7 cm³/mol. The summed E-state index contributed by atoms with van der Waals surface area (Å²) in [6, 6.07) is 10.8. The summed E-state index contributed by atoms with van der Waals surface area (Å²) in [5.41, 5.74) is 0. The van der Waals surface area contributed by atoms with Crippen molar-refractivity contribution in [3.63, 3.8) is 0 Å². The van der Waals surface area contributed by atoms with Gasteiger partial charge in [-0.1, -0.05) is 39.7 Å². The minimum Gasteiger partial charge on any atom is -0.479 e. The molecule has 2 aromatic carbocycles. The topological polar surface area (TPSA) is 35.5 Å². The van der Waals surface area contributed by atoms with E-state index in [0.29, 0.717) is 9.50 Å². The van der Waals surface area contributed by atoms with E-state index in [-0.39, 0.29) is 11.5 Å². The van der Waals surface area contributed by atoms with Crippen molar-refractivity contribution in [3.05, 3.63) is 57.8 Å². The normalized spacial score (nSPS) is 10.2. The fraction of sp³-hybridized carbons (Fsp3) is 0.0714. The molecule has 2 aromatic rings. The first-order valence-corrected chi connectivity index (χ1v) is 6.76. The van der Waals surface area contributed by atoms with E-state index >= 15 is 0 Å². The molecule has 0 saturated carbocycles. The number of hydrogen-bond acceptors (Lipinski definition) is 3. The summed E-state index contributed by atoms with van der Waals surface area (Å²) in [4.78, 5) is 11.6. The lowest BCUT2D eigenvalue weighted by Gasteiger charge is -2.08. The van der Waals surface area contributed by atoms with Crippen molar-refractivity contribution < 1.29 is 18.7 Å². The number of carbonyl (C=O) groups is 1. The molecule has 20 heavy (non-hydrogen) atoms. The van der Waals surface area contributed by atoms with Crippen molar-refractivity contribution >= 4 is 33.5 Å². The van der Waals surface area contributed by atoms with Gasteiger partial charge in [-0.05, 0) is 30.3 Å². The Hall–Kier alpha value is -1.59. The number of carbonyl (C=O) groups excluding carboxylic acids is 1. The highest BCUT2D eigenvalue weighted by Crippen LogP contribution is 2.24. The summed E-state index contributed by atoms with van der Waals surface area (Å²) in [6.07, 6.45) is 0. The summed E-state index contributed by atoms with van der Waals surface area (Å²) < 4.78 is 24.1. The molecule has 0 aliphatic rings. The highest BCUT2D eigenvalue weighted by molar-refractivity contribution is 9.10. The monoisotopic (exact) mass is 358 g/mol. The van der Waals surface area contributed by atoms with Gasteiger partial charge in [-0.25, -0.2) is 9.18 Å². The zero-order valence-corrected chi connectivity index (χ0v) is 12.4. The van der Waals surface area contributed by atoms with Crippen LogP contribution in [0.5, 0.6) is 11.5 Å². The largest absolute Gasteiger partial charge is 0.479 e. The SMILES string of the molecule is O=C(COc1ccc(Br)cc1F)Oc1ccccc1Cl. The van der Waals surface area contributed by atoms with E-state index in [1.165, 1.54) is 12.1 Å². The molecule has 0 aliphatic heterocycles. The average molecular weight is 360 g/mol. The second kappa shape index (κ2) is 6.72. The third-order valence-corrected chi connectivity index (χ3v) is 3.11. The fourth-order valence-electron chi connectivity index (χ4n) is 1.41. The summed E-state index contributed by atoms with van der Waals surface area (Å²) in [5, 5.41) is 0.315. The fourth-order valence-corrected chi connectivity index (χ4v) is 1.92. The molecule has 0 saturated heterocycles. The number of benzene rings is 2. The van der Waals surface area contributed by atoms with Gasteiger partial charge in [0.2, 0.25) is 0 Å². The van der Waals surface area contributed by atoms with Crippen molar-refractivity contribution in [1.82, 2.24) is 0 Å². The van der Waals surface area contributed by atoms with Gasteiger partial charge in [-0.15, -0.1) is 0 Å². The van der Waals surface area contributed by atoms with Crippen LogP contribution in [0.3, 0.4) is 0 Å². The minimum atomic E-state index is -0.666. The van der Waals surface area contributed by atoms with Crippen LogP contribution in [0, 0.1) is 5.82 Å². The highest BCUT2D eigenvalue weighted by Gasteiger charge is 2.11. The van der Waals surface area contributed by atoms with E-state index in [1.54, 1.807) is 30.3 Å². The van der Waals surface area contributed by atoms with Crippen LogP contribution in [0.1, 0.15) is 0 Å². The van der Waals surface area contributed by atoms with Gasteiger partial charge in [0.05, 0.1) is 5.02 Å². The molecule has 104 valence electrons. The Morgan fingerprint density at radius 2 is 1.95 bits per heavy atom. The van der Waals surface area contributed by atoms with Gasteiger partial charge in [0.1, 0.15) is 5.75 Å². The Bertz CT molecular complexity index is 634. The Kier molecular flexibility index (Phi) is 4.98. The van der Waals surface area contributed by atoms with Crippen molar-refractivity contribution in [3.8, 4) is 11.5 Å². The van der Waals surface area contributed by atoms with E-state index in [4.69, 9.17) is 21.1 Å². The molecule has 2 rings (SSSR count). The van der Waals surface area contributed by atoms with Crippen LogP contribution < -0.4 is 9.47 Å². The van der Waals surface area contributed by atoms with Crippen LogP contribution in [0.25, 0.3) is 0 Å². The van der Waals surface area contributed by atoms with Crippen LogP contribution in [0.4, 0.5) is 4.39 Å². The van der Waals surface area contributed by atoms with Crippen molar-refractivity contribution in [2.24, 2.45) is 0 Å². The Morgan fingerprint density at radius 1 is 1.20 bits per heavy atom. The zero-order chi connectivity index (χ0) is 14.5. The third-order valence-electron chi connectivity index (χ3n) is 2.30. The molecule has 0 unspecified atom stereocenters. The molecule has 0 radical (unpaired) electrons. The maximum Gasteiger partial charge on any atom is 0.349 e. The number of para-hydroxylation sites is 1. The lowest BCUT2D eigenvalue weighted by Crippen LogP contribution is -2.18. The standard InChI is InChI=1S/C14H9BrClFO3/c15-9-5-6-13(11(17)7-9)19-8-14(18)20-12-4-2-1-3-10(12)16/h1-7H,8H2. The first-order chi connectivity index (χ1) is 9.56. The van der Waals surface area contributed by atoms with E-state index in [0.717, 1.165) is 0 Å². The molecule has 0 heterocycles. The molecular weight excluding hydrogens is 351 g/mol. The molecule has 0 bridgehead atoms. The first-order valence-electron chi connectivity index (χ1n) is 5.59. The molecule has 0 spiro atoms. The van der Waals surface area contributed by atoms with Crippen LogP contribution in [0.15, 0.2) is 46.9 Å². The van der Waals surface area contributed by atoms with Crippen LogP contribution in [-0.4, -0.2) is 12.6 Å². The molecule has 3 nitrogen and oxygen atoms in total. The summed E-state index contributed by atoms with van der Waals surface area (Å²) in [5.74, 6) is -1.02. The summed E-state index contributed by atoms with van der Waals surface area (Å²) >= 11 is 8.97. The van der Waals surface area contributed by atoms with E-state index in [9.17, 15) is 9.18 Å². The molecular formula is C14H9BrClFO3. The van der Waals surface area contributed by atoms with Gasteiger partial charge >= 0.3 is 5.97 Å². The zero-order valence-electron chi connectivity index (χ0n) is 10.1. The Balaban J connectivity index is 1.94. The lowest BCUT2D eigenvalue weighted by atomic mass is 10.3. The van der Waals surface area contributed by atoms with Crippen molar-refractivity contribution in [2.45, 2.75) is 0 Å². The van der Waals surface area contributed by atoms with Gasteiger partial charge in [0, 0.05) is 4.47 Å². The maximum atomic E-state index is 13.5. The average Bonchev–Trinajstić information content (AvgIpc) is 2.40. The molecule has 0 fully saturated rings. The van der Waals surface area contributed by atoms with Gasteiger partial charge < -0.3 is 9.47 Å². The highest BCUT2D eigenvalue weighted by atomic mass is 79.9. The third kappa shape index (κ3) is 3.95. The van der Waals surface area contributed by atoms with Crippen molar-refractivity contribution in [2.75, 3.05) is 6.61 Å². The number of esters is 1. The van der Waals surface area contributed by atoms with Crippen LogP contribution >= 0.6 is 27.5 Å². The van der Waals surface area contributed by atoms with Gasteiger partial charge in [0.25, 0.3) is 0 Å². The number of hydrogen-bond donors (Lipinski definition) is 0. The van der Waals surface area contributed by atoms with Gasteiger partial charge in [0.15, 0.2) is 18.2 Å². The minimum absolute atomic E-state index is 0.0238. The maximum absolute atomic E-state index is 13.5. The molecule has 0 atom stereocenters. The quantitative estimate of drug-likeness (QED) is 0.605. The Morgan fingerprint density at radius 3 is 2.65 bits per heavy atom. The smallest absolute Gasteiger partial charge is 0.349 e. The number of ether oxygens (including phenoxy) is 2. The first kappa shape index (κ1) is 14.8. The van der Waals surface area contributed by atoms with Gasteiger partial charge in [-0.2, -0.15) is 0 Å². The van der Waals surface area contributed by atoms with Crippen LogP contribution in [-0.2, 0) is 4.79 Å². The lowest BCUT2D eigenvalue weighted by molar-refractivity contribution is -0.136. The summed E-state index contributed by atoms with van der Waals surface area (Å²) in [6.45, 7) is -0.413. The number of rotatable bonds is 4. The molecule has 0 aliphatic carbocycles.